The lowest BCUT2D eigenvalue weighted by Gasteiger charge is -2.28. The van der Waals surface area contributed by atoms with Gasteiger partial charge in [-0.05, 0) is 93.0 Å². The van der Waals surface area contributed by atoms with Crippen LogP contribution in [0.3, 0.4) is 0 Å². The molecule has 0 saturated carbocycles. The van der Waals surface area contributed by atoms with Crippen LogP contribution in [0.5, 0.6) is 0 Å². The Morgan fingerprint density at radius 1 is 0.412 bits per heavy atom. The second-order valence-corrected chi connectivity index (χ2v) is 13.5. The predicted octanol–water partition coefficient (Wildman–Crippen LogP) is 11.9. The van der Waals surface area contributed by atoms with Gasteiger partial charge in [-0.25, -0.2) is 9.97 Å². The van der Waals surface area contributed by atoms with Gasteiger partial charge in [-0.2, -0.15) is 0 Å². The number of benzene rings is 7. The number of nitrogens with one attached hydrogen (secondary N) is 1. The van der Waals surface area contributed by atoms with E-state index in [0.717, 1.165) is 50.3 Å². The maximum Gasteiger partial charge on any atom is 0.115 e. The quantitative estimate of drug-likeness (QED) is 0.147. The van der Waals surface area contributed by atoms with E-state index in [1.807, 2.05) is 12.4 Å². The van der Waals surface area contributed by atoms with E-state index in [2.05, 4.69) is 202 Å². The summed E-state index contributed by atoms with van der Waals surface area (Å²) < 4.78 is 2.39. The first-order valence-corrected chi connectivity index (χ1v) is 17.9. The first-order valence-electron chi connectivity index (χ1n) is 17.0. The molecular weight excluding hydrogens is 640 g/mol. The molecule has 1 atom stereocenters. The van der Waals surface area contributed by atoms with Crippen LogP contribution in [0.4, 0.5) is 22.7 Å². The molecule has 0 aliphatic carbocycles. The van der Waals surface area contributed by atoms with Gasteiger partial charge >= 0.3 is 0 Å². The van der Waals surface area contributed by atoms with Gasteiger partial charge in [0.25, 0.3) is 0 Å². The van der Waals surface area contributed by atoms with E-state index in [0.29, 0.717) is 0 Å². The number of hydrogen-bond donors (Lipinski definition) is 1. The van der Waals surface area contributed by atoms with Gasteiger partial charge in [-0.3, -0.25) is 0 Å². The summed E-state index contributed by atoms with van der Waals surface area (Å²) in [5, 5.41) is 4.89. The highest BCUT2D eigenvalue weighted by molar-refractivity contribution is 7.49. The summed E-state index contributed by atoms with van der Waals surface area (Å²) in [6.45, 7) is 0. The molecule has 4 nitrogen and oxygen atoms in total. The second-order valence-electron chi connectivity index (χ2n) is 12.2. The molecule has 1 unspecified atom stereocenters. The van der Waals surface area contributed by atoms with E-state index in [9.17, 15) is 0 Å². The summed E-state index contributed by atoms with van der Waals surface area (Å²) in [6.07, 6.45) is 5.40. The molecule has 0 spiro atoms. The van der Waals surface area contributed by atoms with Gasteiger partial charge in [0.05, 0.1) is 11.4 Å². The van der Waals surface area contributed by atoms with Gasteiger partial charge in [-0.1, -0.05) is 133 Å². The van der Waals surface area contributed by atoms with Crippen LogP contribution in [0.15, 0.2) is 201 Å². The van der Waals surface area contributed by atoms with E-state index in [4.69, 9.17) is 0 Å². The molecule has 244 valence electrons. The average molecular weight is 675 g/mol. The summed E-state index contributed by atoms with van der Waals surface area (Å²) in [4.78, 5) is 8.75. The normalized spacial score (nSPS) is 11.1. The van der Waals surface area contributed by atoms with Crippen molar-refractivity contribution in [3.8, 4) is 44.5 Å². The average Bonchev–Trinajstić information content (AvgIpc) is 3.22. The van der Waals surface area contributed by atoms with Crippen molar-refractivity contribution in [3.05, 3.63) is 201 Å². The van der Waals surface area contributed by atoms with Crippen LogP contribution >= 0.6 is 8.73 Å². The Balaban J connectivity index is 1.27. The highest BCUT2D eigenvalue weighted by Crippen LogP contribution is 2.44. The zero-order valence-corrected chi connectivity index (χ0v) is 28.9. The number of aromatic nitrogens is 2. The van der Waals surface area contributed by atoms with E-state index >= 15 is 0 Å². The molecule has 5 heteroatoms. The van der Waals surface area contributed by atoms with E-state index < -0.39 is 0 Å². The van der Waals surface area contributed by atoms with E-state index in [1.54, 1.807) is 6.33 Å². The molecule has 0 radical (unpaired) electrons. The molecule has 1 aromatic heterocycles. The third-order valence-electron chi connectivity index (χ3n) is 8.76. The lowest BCUT2D eigenvalue weighted by atomic mass is 9.97. The summed E-state index contributed by atoms with van der Waals surface area (Å²) in [5.74, 6) is 0. The SMILES string of the molecule is c1ccc(-c2cc(Nc3ccccc3N(Pc3cncnc3)c3cc(-c4ccccc4)cc(-c4ccccc4)c3)cc(-c3ccccc3)c2)cc1. The minimum absolute atomic E-state index is 0.234. The topological polar surface area (TPSA) is 41.0 Å². The summed E-state index contributed by atoms with van der Waals surface area (Å²) in [5.41, 5.74) is 13.4. The van der Waals surface area contributed by atoms with Crippen molar-refractivity contribution in [1.82, 2.24) is 9.97 Å². The molecule has 1 heterocycles. The monoisotopic (exact) mass is 674 g/mol. The number of nitrogens with zero attached hydrogens (tertiary/aromatic N) is 3. The molecule has 0 saturated heterocycles. The molecule has 1 N–H and O–H groups in total. The molecule has 0 fully saturated rings. The van der Waals surface area contributed by atoms with Crippen LogP contribution in [0.25, 0.3) is 44.5 Å². The second kappa shape index (κ2) is 15.0. The number of hydrogen-bond acceptors (Lipinski definition) is 4. The highest BCUT2D eigenvalue weighted by Gasteiger charge is 2.18. The van der Waals surface area contributed by atoms with Crippen molar-refractivity contribution in [2.45, 2.75) is 0 Å². The van der Waals surface area contributed by atoms with Crippen molar-refractivity contribution in [2.75, 3.05) is 9.99 Å². The zero-order chi connectivity index (χ0) is 34.2. The van der Waals surface area contributed by atoms with Crippen molar-refractivity contribution in [2.24, 2.45) is 0 Å². The molecule has 0 amide bonds. The largest absolute Gasteiger partial charge is 0.354 e. The third kappa shape index (κ3) is 7.47. The smallest absolute Gasteiger partial charge is 0.115 e. The Bertz CT molecular complexity index is 2240. The molecule has 8 aromatic rings. The first kappa shape index (κ1) is 31.9. The maximum atomic E-state index is 4.38. The zero-order valence-electron chi connectivity index (χ0n) is 27.9. The minimum Gasteiger partial charge on any atom is -0.354 e. The molecule has 7 aromatic carbocycles. The fraction of sp³-hybridized carbons (Fsp3) is 0. The lowest BCUT2D eigenvalue weighted by Crippen LogP contribution is -2.13. The van der Waals surface area contributed by atoms with Crippen LogP contribution in [0, 0.1) is 0 Å². The van der Waals surface area contributed by atoms with Crippen molar-refractivity contribution in [1.29, 1.82) is 0 Å². The molecule has 51 heavy (non-hydrogen) atoms. The summed E-state index contributed by atoms with van der Waals surface area (Å²) in [6, 6.07) is 64.5. The molecular formula is C46H35N4P. The molecule has 0 bridgehead atoms. The van der Waals surface area contributed by atoms with Gasteiger partial charge in [0, 0.05) is 37.8 Å². The van der Waals surface area contributed by atoms with Crippen molar-refractivity contribution < 1.29 is 0 Å². The number of para-hydroxylation sites is 2. The van der Waals surface area contributed by atoms with Crippen LogP contribution in [-0.2, 0) is 0 Å². The predicted molar refractivity (Wildman–Crippen MR) is 216 cm³/mol. The molecule has 8 rings (SSSR count). The van der Waals surface area contributed by atoms with Gasteiger partial charge in [0.2, 0.25) is 0 Å². The summed E-state index contributed by atoms with van der Waals surface area (Å²) >= 11 is 0. The summed E-state index contributed by atoms with van der Waals surface area (Å²) in [7, 11) is 0.234. The van der Waals surface area contributed by atoms with Crippen LogP contribution in [0.1, 0.15) is 0 Å². The standard InChI is InChI=1S/C46H35N4P/c1-5-15-34(16-6-1)38-25-39(35-17-7-2-8-18-35)28-42(27-38)49-45-23-13-14-24-46(45)50(51-44-31-47-33-48-32-44)43-29-40(36-19-9-3-10-20-36)26-41(30-43)37-21-11-4-12-22-37/h1-33,49,51H. The molecule has 0 aliphatic heterocycles. The Hall–Kier alpha value is -6.35. The Kier molecular flexibility index (Phi) is 9.41. The van der Waals surface area contributed by atoms with Crippen LogP contribution < -0.4 is 15.3 Å². The number of rotatable bonds is 10. The number of anilines is 4. The van der Waals surface area contributed by atoms with Gasteiger partial charge in [0.1, 0.15) is 6.33 Å². The van der Waals surface area contributed by atoms with Gasteiger partial charge in [0.15, 0.2) is 0 Å². The highest BCUT2D eigenvalue weighted by atomic mass is 31.1. The fourth-order valence-electron chi connectivity index (χ4n) is 6.31. The molecule has 0 aliphatic rings. The van der Waals surface area contributed by atoms with E-state index in [-0.39, 0.29) is 8.73 Å². The first-order chi connectivity index (χ1) is 25.3. The maximum absolute atomic E-state index is 4.38. The minimum atomic E-state index is 0.234. The van der Waals surface area contributed by atoms with Crippen LogP contribution in [0.2, 0.25) is 0 Å². The van der Waals surface area contributed by atoms with Gasteiger partial charge in [-0.15, -0.1) is 0 Å². The van der Waals surface area contributed by atoms with Crippen molar-refractivity contribution >= 4 is 36.8 Å². The van der Waals surface area contributed by atoms with Crippen molar-refractivity contribution in [3.63, 3.8) is 0 Å². The third-order valence-corrected chi connectivity index (χ3v) is 10.0. The Morgan fingerprint density at radius 2 is 0.824 bits per heavy atom. The van der Waals surface area contributed by atoms with Gasteiger partial charge < -0.3 is 9.99 Å². The fourth-order valence-corrected chi connectivity index (χ4v) is 7.41. The Labute approximate surface area is 301 Å². The van der Waals surface area contributed by atoms with E-state index in [1.165, 1.54) is 22.3 Å². The lowest BCUT2D eigenvalue weighted by molar-refractivity contribution is 1.19. The van der Waals surface area contributed by atoms with Crippen LogP contribution in [-0.4, -0.2) is 9.97 Å². The Morgan fingerprint density at radius 3 is 1.29 bits per heavy atom.